The maximum atomic E-state index is 13.6. The van der Waals surface area contributed by atoms with Crippen molar-refractivity contribution in [3.05, 3.63) is 40.6 Å². The van der Waals surface area contributed by atoms with Crippen molar-refractivity contribution in [2.45, 2.75) is 82.8 Å². The van der Waals surface area contributed by atoms with Crippen molar-refractivity contribution in [2.24, 2.45) is 17.8 Å². The molecule has 4 saturated carbocycles. The number of amides is 2. The summed E-state index contributed by atoms with van der Waals surface area (Å²) in [4.78, 5) is 42.3. The van der Waals surface area contributed by atoms with Crippen molar-refractivity contribution in [1.82, 2.24) is 29.9 Å². The lowest BCUT2D eigenvalue weighted by Gasteiger charge is -2.56. The van der Waals surface area contributed by atoms with Crippen molar-refractivity contribution in [2.75, 3.05) is 17.2 Å². The molecule has 2 aromatic heterocycles. The number of piperidine rings is 1. The van der Waals surface area contributed by atoms with Crippen LogP contribution in [0.2, 0.25) is 0 Å². The molecular formula is C29H36N8O3. The van der Waals surface area contributed by atoms with Gasteiger partial charge in [-0.25, -0.2) is 4.98 Å². The minimum Gasteiger partial charge on any atom is -0.384 e. The van der Waals surface area contributed by atoms with Crippen molar-refractivity contribution in [3.63, 3.8) is 0 Å². The van der Waals surface area contributed by atoms with Crippen LogP contribution in [-0.4, -0.2) is 48.4 Å². The number of hydrogen-bond donors (Lipinski definition) is 3. The first kappa shape index (κ1) is 25.2. The average Bonchev–Trinajstić information content (AvgIpc) is 3.33. The number of nitrogens with zero attached hydrogens (tertiary/aromatic N) is 5. The summed E-state index contributed by atoms with van der Waals surface area (Å²) in [7, 11) is 0. The highest BCUT2D eigenvalue weighted by Crippen LogP contribution is 2.56. The standard InChI is InChI=1S/C29H36N8O3/c1-17-31-22-5-2-4-21(26(22)28(40)37(17)23-6-7-25(38)32-27(23)39)30-8-3-9-36-16-24(34-35-36)33-29-13-18-10-19(14-29)12-20(11-18)15-29/h2,4-5,16,18-20,23,30,33H,3,6-15H2,1H3,(H,32,38,39). The number of rotatable bonds is 8. The van der Waals surface area contributed by atoms with E-state index in [9.17, 15) is 14.4 Å². The maximum absolute atomic E-state index is 13.6. The minimum atomic E-state index is -0.747. The Hall–Kier alpha value is -3.76. The first-order valence-corrected chi connectivity index (χ1v) is 14.6. The van der Waals surface area contributed by atoms with E-state index in [-0.39, 0.29) is 29.8 Å². The predicted octanol–water partition coefficient (Wildman–Crippen LogP) is 3.16. The van der Waals surface area contributed by atoms with Crippen molar-refractivity contribution in [1.29, 1.82) is 0 Å². The number of aromatic nitrogens is 5. The van der Waals surface area contributed by atoms with Gasteiger partial charge in [-0.2, -0.15) is 0 Å². The van der Waals surface area contributed by atoms with Gasteiger partial charge in [-0.05, 0) is 88.2 Å². The molecule has 1 unspecified atom stereocenters. The molecule has 0 spiro atoms. The lowest BCUT2D eigenvalue weighted by atomic mass is 9.53. The Kier molecular flexibility index (Phi) is 6.12. The maximum Gasteiger partial charge on any atom is 0.264 e. The SMILES string of the molecule is Cc1nc2cccc(NCCCn3cc(NC45CC6CC(CC(C6)C4)C5)nn3)c2c(=O)n1C1CCC(=O)NC1=O. The van der Waals surface area contributed by atoms with Crippen molar-refractivity contribution >= 4 is 34.2 Å². The summed E-state index contributed by atoms with van der Waals surface area (Å²) in [6.07, 6.45) is 11.3. The molecule has 5 aliphatic rings. The topological polar surface area (TPSA) is 136 Å². The molecule has 3 N–H and O–H groups in total. The van der Waals surface area contributed by atoms with E-state index in [1.807, 2.05) is 23.0 Å². The number of fused-ring (bicyclic) bond motifs is 1. The molecule has 8 rings (SSSR count). The zero-order valence-corrected chi connectivity index (χ0v) is 22.9. The molecule has 2 amide bonds. The Morgan fingerprint density at radius 3 is 2.55 bits per heavy atom. The zero-order chi connectivity index (χ0) is 27.4. The van der Waals surface area contributed by atoms with Crippen LogP contribution < -0.4 is 21.5 Å². The number of imide groups is 1. The van der Waals surface area contributed by atoms with Crippen LogP contribution in [0.1, 0.15) is 69.7 Å². The largest absolute Gasteiger partial charge is 0.384 e. The summed E-state index contributed by atoms with van der Waals surface area (Å²) in [5, 5.41) is 18.8. The second-order valence-corrected chi connectivity index (χ2v) is 12.5. The number of anilines is 2. The van der Waals surface area contributed by atoms with Crippen LogP contribution in [-0.2, 0) is 16.1 Å². The van der Waals surface area contributed by atoms with E-state index in [1.54, 1.807) is 13.0 Å². The normalized spacial score (nSPS) is 29.1. The van der Waals surface area contributed by atoms with Gasteiger partial charge >= 0.3 is 0 Å². The van der Waals surface area contributed by atoms with Gasteiger partial charge in [0.1, 0.15) is 11.9 Å². The van der Waals surface area contributed by atoms with E-state index in [0.29, 0.717) is 35.5 Å². The molecular weight excluding hydrogens is 508 g/mol. The van der Waals surface area contributed by atoms with Gasteiger partial charge < -0.3 is 10.6 Å². The summed E-state index contributed by atoms with van der Waals surface area (Å²) >= 11 is 0. The van der Waals surface area contributed by atoms with Crippen LogP contribution in [0.15, 0.2) is 29.2 Å². The number of carbonyl (C=O) groups is 2. The highest BCUT2D eigenvalue weighted by atomic mass is 16.2. The summed E-state index contributed by atoms with van der Waals surface area (Å²) in [5.74, 6) is 3.18. The first-order valence-electron chi connectivity index (χ1n) is 14.6. The van der Waals surface area contributed by atoms with E-state index in [0.717, 1.165) is 30.0 Å². The fourth-order valence-electron chi connectivity index (χ4n) is 8.26. The smallest absolute Gasteiger partial charge is 0.264 e. The van der Waals surface area contributed by atoms with E-state index in [4.69, 9.17) is 0 Å². The molecule has 210 valence electrons. The van der Waals surface area contributed by atoms with Gasteiger partial charge in [-0.3, -0.25) is 28.9 Å². The van der Waals surface area contributed by atoms with Gasteiger partial charge in [0, 0.05) is 30.7 Å². The Labute approximate surface area is 232 Å². The van der Waals surface area contributed by atoms with Crippen LogP contribution >= 0.6 is 0 Å². The Balaban J connectivity index is 1.01. The minimum absolute atomic E-state index is 0.197. The molecule has 5 fully saturated rings. The van der Waals surface area contributed by atoms with E-state index >= 15 is 0 Å². The fourth-order valence-corrected chi connectivity index (χ4v) is 8.26. The van der Waals surface area contributed by atoms with Crippen LogP contribution in [0, 0.1) is 24.7 Å². The third kappa shape index (κ3) is 4.54. The Bertz CT molecular complexity index is 1510. The number of nitrogens with one attached hydrogen (secondary N) is 3. The van der Waals surface area contributed by atoms with Crippen LogP contribution in [0.3, 0.4) is 0 Å². The van der Waals surface area contributed by atoms with Gasteiger partial charge in [0.15, 0.2) is 5.82 Å². The van der Waals surface area contributed by atoms with Gasteiger partial charge in [0.2, 0.25) is 11.8 Å². The zero-order valence-electron chi connectivity index (χ0n) is 22.9. The van der Waals surface area contributed by atoms with Crippen LogP contribution in [0.4, 0.5) is 11.5 Å². The lowest BCUT2D eigenvalue weighted by molar-refractivity contribution is -0.135. The highest BCUT2D eigenvalue weighted by Gasteiger charge is 2.51. The summed E-state index contributed by atoms with van der Waals surface area (Å²) in [6, 6.07) is 4.78. The number of aryl methyl sites for hydroxylation is 2. The first-order chi connectivity index (χ1) is 19.4. The van der Waals surface area contributed by atoms with Gasteiger partial charge in [-0.1, -0.05) is 11.3 Å². The summed E-state index contributed by atoms with van der Waals surface area (Å²) < 4.78 is 3.30. The van der Waals surface area contributed by atoms with Crippen LogP contribution in [0.25, 0.3) is 10.9 Å². The molecule has 1 aliphatic heterocycles. The molecule has 3 heterocycles. The van der Waals surface area contributed by atoms with E-state index in [2.05, 4.69) is 31.2 Å². The molecule has 1 aromatic carbocycles. The fraction of sp³-hybridized carbons (Fsp3) is 0.586. The number of carbonyl (C=O) groups excluding carboxylic acids is 2. The third-order valence-electron chi connectivity index (χ3n) is 9.48. The predicted molar refractivity (Wildman–Crippen MR) is 150 cm³/mol. The molecule has 1 saturated heterocycles. The summed E-state index contributed by atoms with van der Waals surface area (Å²) in [6.45, 7) is 3.04. The van der Waals surface area contributed by atoms with E-state index < -0.39 is 11.9 Å². The second-order valence-electron chi connectivity index (χ2n) is 12.5. The van der Waals surface area contributed by atoms with Crippen LogP contribution in [0.5, 0.6) is 0 Å². The summed E-state index contributed by atoms with van der Waals surface area (Å²) in [5.41, 5.74) is 1.18. The number of hydrogen-bond acceptors (Lipinski definition) is 8. The number of benzene rings is 1. The molecule has 40 heavy (non-hydrogen) atoms. The highest BCUT2D eigenvalue weighted by molar-refractivity contribution is 5.99. The lowest BCUT2D eigenvalue weighted by Crippen LogP contribution is -2.54. The molecule has 0 radical (unpaired) electrons. The second kappa shape index (κ2) is 9.71. The quantitative estimate of drug-likeness (QED) is 0.291. The molecule has 4 aliphatic carbocycles. The van der Waals surface area contributed by atoms with Gasteiger partial charge in [-0.15, -0.1) is 5.10 Å². The van der Waals surface area contributed by atoms with Crippen molar-refractivity contribution in [3.8, 4) is 0 Å². The molecule has 11 heteroatoms. The Morgan fingerprint density at radius 2 is 1.82 bits per heavy atom. The van der Waals surface area contributed by atoms with E-state index in [1.165, 1.54) is 43.1 Å². The molecule has 3 aromatic rings. The molecule has 4 bridgehead atoms. The van der Waals surface area contributed by atoms with Gasteiger partial charge in [0.25, 0.3) is 5.56 Å². The third-order valence-corrected chi connectivity index (χ3v) is 9.48. The monoisotopic (exact) mass is 544 g/mol. The van der Waals surface area contributed by atoms with Crippen molar-refractivity contribution < 1.29 is 9.59 Å². The van der Waals surface area contributed by atoms with Gasteiger partial charge in [0.05, 0.1) is 17.1 Å². The Morgan fingerprint density at radius 1 is 1.07 bits per heavy atom. The molecule has 11 nitrogen and oxygen atoms in total. The average molecular weight is 545 g/mol. The molecule has 1 atom stereocenters.